The second kappa shape index (κ2) is 8.42. The second-order valence-electron chi connectivity index (χ2n) is 5.20. The van der Waals surface area contributed by atoms with Gasteiger partial charge in [-0.2, -0.15) is 0 Å². The molecule has 1 amide bonds. The fourth-order valence-electron chi connectivity index (χ4n) is 2.45. The van der Waals surface area contributed by atoms with Crippen LogP contribution >= 0.6 is 23.2 Å². The van der Waals surface area contributed by atoms with Crippen molar-refractivity contribution in [3.05, 3.63) is 39.9 Å². The van der Waals surface area contributed by atoms with Gasteiger partial charge in [-0.05, 0) is 37.5 Å². The molecule has 1 aromatic rings. The number of hydrogen-bond acceptors (Lipinski definition) is 3. The Bertz CT molecular complexity index is 555. The van der Waals surface area contributed by atoms with Gasteiger partial charge in [-0.15, -0.1) is 0 Å². The second-order valence-corrected chi connectivity index (χ2v) is 6.01. The van der Waals surface area contributed by atoms with E-state index in [0.717, 1.165) is 31.5 Å². The maximum atomic E-state index is 12.2. The van der Waals surface area contributed by atoms with Gasteiger partial charge in [0, 0.05) is 25.1 Å². The molecule has 1 aromatic carbocycles. The largest absolute Gasteiger partial charge is 0.342 e. The molecule has 0 atom stereocenters. The summed E-state index contributed by atoms with van der Waals surface area (Å²) >= 11 is 12.0. The summed E-state index contributed by atoms with van der Waals surface area (Å²) in [5.74, 6) is 0.134. The van der Waals surface area contributed by atoms with Crippen molar-refractivity contribution in [2.24, 2.45) is 0 Å². The average Bonchev–Trinajstić information content (AvgIpc) is 2.54. The minimum absolute atomic E-state index is 0.134. The Morgan fingerprint density at radius 3 is 2.64 bits per heavy atom. The van der Waals surface area contributed by atoms with Crippen LogP contribution in [0.2, 0.25) is 10.0 Å². The van der Waals surface area contributed by atoms with Crippen LogP contribution in [0.1, 0.15) is 31.2 Å². The van der Waals surface area contributed by atoms with E-state index >= 15 is 0 Å². The predicted octanol–water partition coefficient (Wildman–Crippen LogP) is 3.89. The van der Waals surface area contributed by atoms with Crippen molar-refractivity contribution in [2.75, 3.05) is 20.2 Å². The van der Waals surface area contributed by atoms with Crippen LogP contribution in [0.4, 0.5) is 0 Å². The molecule has 0 unspecified atom stereocenters. The Kier molecular flexibility index (Phi) is 6.55. The lowest BCUT2D eigenvalue weighted by Gasteiger charge is -2.26. The zero-order chi connectivity index (χ0) is 15.9. The monoisotopic (exact) mass is 342 g/mol. The van der Waals surface area contributed by atoms with Crippen molar-refractivity contribution in [1.82, 2.24) is 10.4 Å². The number of piperidine rings is 1. The zero-order valence-corrected chi connectivity index (χ0v) is 14.1. The topological polar surface area (TPSA) is 41.6 Å². The van der Waals surface area contributed by atoms with Crippen molar-refractivity contribution in [1.29, 1.82) is 0 Å². The molecular formula is C16H20Cl2N2O2. The number of carbonyl (C=O) groups is 1. The molecule has 120 valence electrons. The number of halogens is 2. The van der Waals surface area contributed by atoms with Gasteiger partial charge in [0.05, 0.1) is 22.9 Å². The molecule has 0 radical (unpaired) electrons. The summed E-state index contributed by atoms with van der Waals surface area (Å²) in [5, 5.41) is 0.955. The fraction of sp³-hybridized carbons (Fsp3) is 0.438. The van der Waals surface area contributed by atoms with Crippen molar-refractivity contribution in [3.8, 4) is 0 Å². The van der Waals surface area contributed by atoms with Gasteiger partial charge in [-0.25, -0.2) is 0 Å². The van der Waals surface area contributed by atoms with E-state index in [1.54, 1.807) is 12.1 Å². The van der Waals surface area contributed by atoms with Gasteiger partial charge >= 0.3 is 0 Å². The Hall–Kier alpha value is -1.23. The third kappa shape index (κ3) is 4.63. The number of hydrogen-bond donors (Lipinski definition) is 1. The van der Waals surface area contributed by atoms with E-state index in [1.165, 1.54) is 13.5 Å². The van der Waals surface area contributed by atoms with Crippen LogP contribution in [0, 0.1) is 0 Å². The molecule has 2 rings (SSSR count). The normalized spacial score (nSPS) is 15.8. The highest BCUT2D eigenvalue weighted by atomic mass is 35.5. The van der Waals surface area contributed by atoms with E-state index < -0.39 is 0 Å². The molecule has 1 heterocycles. The van der Waals surface area contributed by atoms with Crippen LogP contribution in [-0.4, -0.2) is 31.0 Å². The van der Waals surface area contributed by atoms with E-state index in [2.05, 4.69) is 5.48 Å². The van der Waals surface area contributed by atoms with Crippen LogP contribution < -0.4 is 5.48 Å². The minimum atomic E-state index is 0.134. The minimum Gasteiger partial charge on any atom is -0.342 e. The summed E-state index contributed by atoms with van der Waals surface area (Å²) < 4.78 is 0. The smallest absolute Gasteiger partial charge is 0.226 e. The molecule has 1 saturated heterocycles. The van der Waals surface area contributed by atoms with Crippen LogP contribution in [-0.2, 0) is 9.63 Å². The highest BCUT2D eigenvalue weighted by Crippen LogP contribution is 2.25. The molecular weight excluding hydrogens is 323 g/mol. The molecule has 0 saturated carbocycles. The van der Waals surface area contributed by atoms with Gasteiger partial charge in [0.15, 0.2) is 0 Å². The quantitative estimate of drug-likeness (QED) is 0.825. The summed E-state index contributed by atoms with van der Waals surface area (Å²) in [5.41, 5.74) is 4.31. The molecule has 0 spiro atoms. The molecule has 1 fully saturated rings. The highest BCUT2D eigenvalue weighted by molar-refractivity contribution is 6.42. The Labute approximate surface area is 141 Å². The first-order valence-electron chi connectivity index (χ1n) is 7.34. The third-order valence-corrected chi connectivity index (χ3v) is 4.37. The van der Waals surface area contributed by atoms with Crippen molar-refractivity contribution < 1.29 is 9.63 Å². The van der Waals surface area contributed by atoms with Gasteiger partial charge in [0.25, 0.3) is 0 Å². The number of nitrogens with one attached hydrogen (secondary N) is 1. The Balaban J connectivity index is 2.08. The Morgan fingerprint density at radius 1 is 1.27 bits per heavy atom. The van der Waals surface area contributed by atoms with Crippen LogP contribution in [0.25, 0.3) is 5.70 Å². The van der Waals surface area contributed by atoms with Gasteiger partial charge < -0.3 is 4.90 Å². The molecule has 0 bridgehead atoms. The summed E-state index contributed by atoms with van der Waals surface area (Å²) in [6.45, 7) is 1.71. The van der Waals surface area contributed by atoms with E-state index in [0.29, 0.717) is 22.2 Å². The fourth-order valence-corrected chi connectivity index (χ4v) is 2.75. The van der Waals surface area contributed by atoms with Gasteiger partial charge in [-0.1, -0.05) is 29.3 Å². The molecule has 0 aliphatic carbocycles. The average molecular weight is 343 g/mol. The first kappa shape index (κ1) is 17.1. The number of nitrogens with zero attached hydrogens (tertiary/aromatic N) is 1. The molecule has 1 aliphatic rings. The molecule has 0 aromatic heterocycles. The standard InChI is InChI=1S/C16H20Cl2N2O2/c1-22-19-15(12-5-6-13(17)14(18)11-12)7-8-16(21)20-9-3-2-4-10-20/h5-7,11,19H,2-4,8-10H2,1H3/b15-7-. The number of amides is 1. The lowest BCUT2D eigenvalue weighted by atomic mass is 10.1. The molecule has 4 nitrogen and oxygen atoms in total. The van der Waals surface area contributed by atoms with Gasteiger partial charge in [0.2, 0.25) is 5.91 Å². The van der Waals surface area contributed by atoms with Crippen LogP contribution in [0.15, 0.2) is 24.3 Å². The molecule has 22 heavy (non-hydrogen) atoms. The van der Waals surface area contributed by atoms with Gasteiger partial charge in [-0.3, -0.25) is 15.1 Å². The summed E-state index contributed by atoms with van der Waals surface area (Å²) in [4.78, 5) is 19.1. The lowest BCUT2D eigenvalue weighted by Crippen LogP contribution is -2.35. The third-order valence-electron chi connectivity index (χ3n) is 3.63. The van der Waals surface area contributed by atoms with Crippen molar-refractivity contribution >= 4 is 34.8 Å². The molecule has 6 heteroatoms. The predicted molar refractivity (Wildman–Crippen MR) is 89.6 cm³/mol. The molecule has 1 N–H and O–H groups in total. The Morgan fingerprint density at radius 2 is 2.00 bits per heavy atom. The first-order chi connectivity index (χ1) is 10.6. The first-order valence-corrected chi connectivity index (χ1v) is 8.09. The number of hydroxylamine groups is 1. The van der Waals surface area contributed by atoms with Crippen molar-refractivity contribution in [3.63, 3.8) is 0 Å². The van der Waals surface area contributed by atoms with E-state index in [1.807, 2.05) is 17.0 Å². The summed E-state index contributed by atoms with van der Waals surface area (Å²) in [7, 11) is 1.53. The summed E-state index contributed by atoms with van der Waals surface area (Å²) in [6, 6.07) is 5.29. The van der Waals surface area contributed by atoms with Crippen molar-refractivity contribution in [2.45, 2.75) is 25.7 Å². The van der Waals surface area contributed by atoms with E-state index in [4.69, 9.17) is 28.0 Å². The van der Waals surface area contributed by atoms with Crippen LogP contribution in [0.5, 0.6) is 0 Å². The SMILES string of the molecule is CON/C(=C\CC(=O)N1CCCCC1)c1ccc(Cl)c(Cl)c1. The highest BCUT2D eigenvalue weighted by Gasteiger charge is 2.15. The lowest BCUT2D eigenvalue weighted by molar-refractivity contribution is -0.131. The molecule has 1 aliphatic heterocycles. The van der Waals surface area contributed by atoms with Gasteiger partial charge in [0.1, 0.15) is 0 Å². The number of carbonyl (C=O) groups excluding carboxylic acids is 1. The van der Waals surface area contributed by atoms with Crippen LogP contribution in [0.3, 0.4) is 0 Å². The number of rotatable bonds is 5. The van der Waals surface area contributed by atoms with E-state index in [9.17, 15) is 4.79 Å². The maximum Gasteiger partial charge on any atom is 0.226 e. The zero-order valence-electron chi connectivity index (χ0n) is 12.6. The van der Waals surface area contributed by atoms with E-state index in [-0.39, 0.29) is 5.91 Å². The number of likely N-dealkylation sites (tertiary alicyclic amines) is 1. The maximum absolute atomic E-state index is 12.2. The number of benzene rings is 1. The summed E-state index contributed by atoms with van der Waals surface area (Å²) in [6.07, 6.45) is 5.53.